The Kier molecular flexibility index (Phi) is 6.71. The maximum Gasteiger partial charge on any atom is 0.255 e. The normalized spacial score (nSPS) is 14.1. The van der Waals surface area contributed by atoms with Crippen molar-refractivity contribution in [1.82, 2.24) is 9.88 Å². The highest BCUT2D eigenvalue weighted by atomic mass is 35.5. The first-order chi connectivity index (χ1) is 15.5. The molecule has 0 aliphatic carbocycles. The number of halogens is 1. The molecule has 0 spiro atoms. The zero-order chi connectivity index (χ0) is 22.5. The van der Waals surface area contributed by atoms with Crippen LogP contribution in [0.15, 0.2) is 66.9 Å². The van der Waals surface area contributed by atoms with Crippen molar-refractivity contribution < 1.29 is 9.59 Å². The quantitative estimate of drug-likeness (QED) is 0.631. The lowest BCUT2D eigenvalue weighted by molar-refractivity contribution is 0.0767. The van der Waals surface area contributed by atoms with E-state index in [9.17, 15) is 9.59 Å². The number of carbonyl (C=O) groups is 2. The third-order valence-electron chi connectivity index (χ3n) is 5.53. The van der Waals surface area contributed by atoms with Crippen LogP contribution in [0.4, 0.5) is 11.5 Å². The summed E-state index contributed by atoms with van der Waals surface area (Å²) < 4.78 is 0. The first kappa shape index (κ1) is 21.8. The summed E-state index contributed by atoms with van der Waals surface area (Å²) >= 11 is 6.20. The minimum absolute atomic E-state index is 0.0421. The van der Waals surface area contributed by atoms with Crippen LogP contribution >= 0.6 is 11.6 Å². The van der Waals surface area contributed by atoms with Gasteiger partial charge >= 0.3 is 0 Å². The summed E-state index contributed by atoms with van der Waals surface area (Å²) in [6.45, 7) is 4.73. The minimum atomic E-state index is -0.164. The number of nitrogens with one attached hydrogen (secondary N) is 1. The Labute approximate surface area is 192 Å². The van der Waals surface area contributed by atoms with E-state index in [1.165, 1.54) is 0 Å². The van der Waals surface area contributed by atoms with Crippen LogP contribution in [-0.4, -0.2) is 47.9 Å². The minimum Gasteiger partial charge on any atom is -0.355 e. The third-order valence-corrected chi connectivity index (χ3v) is 5.86. The fourth-order valence-corrected chi connectivity index (χ4v) is 3.93. The van der Waals surface area contributed by atoms with Gasteiger partial charge in [0.2, 0.25) is 0 Å². The summed E-state index contributed by atoms with van der Waals surface area (Å²) in [5.41, 5.74) is 2.90. The lowest BCUT2D eigenvalue weighted by Crippen LogP contribution is -2.35. The van der Waals surface area contributed by atoms with E-state index in [0.717, 1.165) is 24.3 Å². The van der Waals surface area contributed by atoms with E-state index in [4.69, 9.17) is 11.6 Å². The van der Waals surface area contributed by atoms with Gasteiger partial charge in [0.1, 0.15) is 5.82 Å². The number of amides is 2. The predicted octanol–water partition coefficient (Wildman–Crippen LogP) is 4.65. The molecule has 0 unspecified atom stereocenters. The third kappa shape index (κ3) is 5.08. The average Bonchev–Trinajstić information content (AvgIpc) is 3.06. The summed E-state index contributed by atoms with van der Waals surface area (Å²) in [5.74, 6) is 0.619. The van der Waals surface area contributed by atoms with Gasteiger partial charge < -0.3 is 15.1 Å². The molecule has 2 heterocycles. The van der Waals surface area contributed by atoms with E-state index in [1.54, 1.807) is 30.5 Å². The Hall–Kier alpha value is -3.38. The topological polar surface area (TPSA) is 65.5 Å². The second-order valence-corrected chi connectivity index (χ2v) is 8.25. The molecule has 1 aliphatic rings. The first-order valence-electron chi connectivity index (χ1n) is 10.6. The zero-order valence-electron chi connectivity index (χ0n) is 17.9. The van der Waals surface area contributed by atoms with Crippen LogP contribution < -0.4 is 10.2 Å². The van der Waals surface area contributed by atoms with Crippen molar-refractivity contribution in [3.05, 3.63) is 88.6 Å². The highest BCUT2D eigenvalue weighted by molar-refractivity contribution is 6.33. The fraction of sp³-hybridized carbons (Fsp3) is 0.240. The van der Waals surface area contributed by atoms with Gasteiger partial charge in [0, 0.05) is 31.7 Å². The van der Waals surface area contributed by atoms with Crippen molar-refractivity contribution in [3.8, 4) is 0 Å². The molecule has 4 rings (SSSR count). The molecule has 0 saturated carbocycles. The molecule has 0 radical (unpaired) electrons. The van der Waals surface area contributed by atoms with Crippen molar-refractivity contribution in [3.63, 3.8) is 0 Å². The zero-order valence-corrected chi connectivity index (χ0v) is 18.7. The lowest BCUT2D eigenvalue weighted by atomic mass is 10.1. The number of rotatable bonds is 4. The SMILES string of the molecule is Cc1ccc(C(=O)Nc2ccc(N3CCCN(C(=O)c4ccccc4Cl)CC3)nc2)cc1. The number of nitrogens with zero attached hydrogens (tertiary/aromatic N) is 3. The van der Waals surface area contributed by atoms with Gasteiger partial charge in [0.15, 0.2) is 0 Å². The molecule has 32 heavy (non-hydrogen) atoms. The molecule has 2 amide bonds. The van der Waals surface area contributed by atoms with Crippen LogP contribution in [0.25, 0.3) is 0 Å². The largest absolute Gasteiger partial charge is 0.355 e. The summed E-state index contributed by atoms with van der Waals surface area (Å²) in [4.78, 5) is 33.8. The van der Waals surface area contributed by atoms with Crippen LogP contribution in [0, 0.1) is 6.92 Å². The lowest BCUT2D eigenvalue weighted by Gasteiger charge is -2.23. The average molecular weight is 449 g/mol. The van der Waals surface area contributed by atoms with Crippen molar-refractivity contribution in [2.24, 2.45) is 0 Å². The maximum absolute atomic E-state index is 12.9. The predicted molar refractivity (Wildman–Crippen MR) is 128 cm³/mol. The number of pyridine rings is 1. The molecule has 0 bridgehead atoms. The van der Waals surface area contributed by atoms with Gasteiger partial charge in [-0.3, -0.25) is 9.59 Å². The summed E-state index contributed by atoms with van der Waals surface area (Å²) in [7, 11) is 0. The summed E-state index contributed by atoms with van der Waals surface area (Å²) in [6.07, 6.45) is 2.50. The molecule has 1 fully saturated rings. The number of anilines is 2. The molecule has 1 aliphatic heterocycles. The van der Waals surface area contributed by atoms with Crippen molar-refractivity contribution in [1.29, 1.82) is 0 Å². The second kappa shape index (κ2) is 9.83. The van der Waals surface area contributed by atoms with E-state index in [-0.39, 0.29) is 11.8 Å². The van der Waals surface area contributed by atoms with Crippen molar-refractivity contribution in [2.75, 3.05) is 36.4 Å². The molecule has 3 aromatic rings. The number of carbonyl (C=O) groups excluding carboxylic acids is 2. The van der Waals surface area contributed by atoms with Crippen LogP contribution in [0.5, 0.6) is 0 Å². The Bertz CT molecular complexity index is 1100. The molecule has 6 nitrogen and oxygen atoms in total. The van der Waals surface area contributed by atoms with Gasteiger partial charge in [-0.2, -0.15) is 0 Å². The van der Waals surface area contributed by atoms with E-state index in [1.807, 2.05) is 48.2 Å². The van der Waals surface area contributed by atoms with Gasteiger partial charge in [-0.05, 0) is 49.7 Å². The van der Waals surface area contributed by atoms with Crippen LogP contribution in [-0.2, 0) is 0 Å². The number of aryl methyl sites for hydroxylation is 1. The Morgan fingerprint density at radius 3 is 2.44 bits per heavy atom. The number of aromatic nitrogens is 1. The number of hydrogen-bond donors (Lipinski definition) is 1. The van der Waals surface area contributed by atoms with Crippen molar-refractivity contribution >= 4 is 34.9 Å². The second-order valence-electron chi connectivity index (χ2n) is 7.84. The van der Waals surface area contributed by atoms with Gasteiger partial charge in [-0.1, -0.05) is 41.4 Å². The first-order valence-corrected chi connectivity index (χ1v) is 11.0. The fourth-order valence-electron chi connectivity index (χ4n) is 3.71. The number of hydrogen-bond acceptors (Lipinski definition) is 4. The molecule has 0 atom stereocenters. The maximum atomic E-state index is 12.9. The van der Waals surface area contributed by atoms with Gasteiger partial charge in [0.25, 0.3) is 11.8 Å². The van der Waals surface area contributed by atoms with Crippen molar-refractivity contribution in [2.45, 2.75) is 13.3 Å². The summed E-state index contributed by atoms with van der Waals surface area (Å²) in [6, 6.07) is 18.3. The van der Waals surface area contributed by atoms with Crippen LogP contribution in [0.1, 0.15) is 32.7 Å². The molecular formula is C25H25ClN4O2. The Morgan fingerprint density at radius 1 is 0.938 bits per heavy atom. The molecule has 164 valence electrons. The van der Waals surface area contributed by atoms with Crippen LogP contribution in [0.3, 0.4) is 0 Å². The van der Waals surface area contributed by atoms with E-state index in [2.05, 4.69) is 15.2 Å². The standard InChI is InChI=1S/C25H25ClN4O2/c1-18-7-9-19(10-8-18)24(31)28-20-11-12-23(27-17-20)29-13-4-14-30(16-15-29)25(32)21-5-2-3-6-22(21)26/h2-3,5-12,17H,4,13-16H2,1H3,(H,28,31). The highest BCUT2D eigenvalue weighted by Crippen LogP contribution is 2.20. The molecule has 7 heteroatoms. The molecule has 1 aromatic heterocycles. The van der Waals surface area contributed by atoms with E-state index in [0.29, 0.717) is 41.5 Å². The molecular weight excluding hydrogens is 424 g/mol. The van der Waals surface area contributed by atoms with Gasteiger partial charge in [0.05, 0.1) is 22.5 Å². The monoisotopic (exact) mass is 448 g/mol. The summed E-state index contributed by atoms with van der Waals surface area (Å²) in [5, 5.41) is 3.36. The van der Waals surface area contributed by atoms with E-state index >= 15 is 0 Å². The van der Waals surface area contributed by atoms with Gasteiger partial charge in [-0.15, -0.1) is 0 Å². The number of benzene rings is 2. The highest BCUT2D eigenvalue weighted by Gasteiger charge is 2.22. The Morgan fingerprint density at radius 2 is 1.72 bits per heavy atom. The van der Waals surface area contributed by atoms with Gasteiger partial charge in [-0.25, -0.2) is 4.98 Å². The smallest absolute Gasteiger partial charge is 0.255 e. The molecule has 1 N–H and O–H groups in total. The Balaban J connectivity index is 1.37. The molecule has 2 aromatic carbocycles. The van der Waals surface area contributed by atoms with E-state index < -0.39 is 0 Å². The molecule has 1 saturated heterocycles. The van der Waals surface area contributed by atoms with Crippen LogP contribution in [0.2, 0.25) is 5.02 Å².